The van der Waals surface area contributed by atoms with Crippen molar-refractivity contribution in [1.82, 2.24) is 14.6 Å². The second-order valence-corrected chi connectivity index (χ2v) is 8.24. The van der Waals surface area contributed by atoms with Crippen molar-refractivity contribution < 1.29 is 8.42 Å². The first-order valence-electron chi connectivity index (χ1n) is 6.85. The fourth-order valence-electron chi connectivity index (χ4n) is 2.20. The molecule has 0 radical (unpaired) electrons. The van der Waals surface area contributed by atoms with Crippen molar-refractivity contribution in [3.63, 3.8) is 0 Å². The van der Waals surface area contributed by atoms with Crippen LogP contribution in [0.4, 0.5) is 0 Å². The smallest absolute Gasteiger partial charge is 0.242 e. The zero-order valence-electron chi connectivity index (χ0n) is 12.3. The molecule has 2 N–H and O–H groups in total. The van der Waals surface area contributed by atoms with Gasteiger partial charge in [-0.05, 0) is 39.1 Å². The monoisotopic (exact) mass is 317 g/mol. The highest BCUT2D eigenvalue weighted by atomic mass is 32.2. The van der Waals surface area contributed by atoms with Gasteiger partial charge in [0, 0.05) is 36.3 Å². The van der Waals surface area contributed by atoms with Gasteiger partial charge in [-0.3, -0.25) is 0 Å². The van der Waals surface area contributed by atoms with Crippen LogP contribution in [0, 0.1) is 0 Å². The Balaban J connectivity index is 2.12. The van der Waals surface area contributed by atoms with E-state index >= 15 is 0 Å². The highest BCUT2D eigenvalue weighted by Gasteiger charge is 2.42. The predicted octanol–water partition coefficient (Wildman–Crippen LogP) is 1.40. The van der Waals surface area contributed by atoms with Crippen LogP contribution in [0.15, 0.2) is 17.2 Å². The Morgan fingerprint density at radius 1 is 1.45 bits per heavy atom. The second kappa shape index (κ2) is 6.09. The Kier molecular flexibility index (Phi) is 4.84. The molecule has 0 atom stereocenters. The van der Waals surface area contributed by atoms with Gasteiger partial charge in [-0.15, -0.1) is 0 Å². The molecule has 1 aromatic heterocycles. The summed E-state index contributed by atoms with van der Waals surface area (Å²) in [6, 6.07) is 1.75. The van der Waals surface area contributed by atoms with Crippen LogP contribution in [0.5, 0.6) is 0 Å². The fourth-order valence-corrected chi connectivity index (χ4v) is 4.21. The van der Waals surface area contributed by atoms with Gasteiger partial charge in [-0.25, -0.2) is 13.1 Å². The normalized spacial score (nSPS) is 17.4. The Bertz CT molecular complexity index is 562. The minimum atomic E-state index is -3.41. The molecular weight excluding hydrogens is 294 g/mol. The summed E-state index contributed by atoms with van der Waals surface area (Å²) < 4.78 is 29.6. The van der Waals surface area contributed by atoms with Crippen molar-refractivity contribution in [2.24, 2.45) is 0 Å². The van der Waals surface area contributed by atoms with Gasteiger partial charge in [0.05, 0.1) is 4.90 Å². The van der Waals surface area contributed by atoms with Crippen LogP contribution < -0.4 is 10.0 Å². The van der Waals surface area contributed by atoms with Gasteiger partial charge in [0.2, 0.25) is 10.0 Å². The molecule has 1 saturated carbocycles. The van der Waals surface area contributed by atoms with Crippen molar-refractivity contribution in [1.29, 1.82) is 0 Å². The van der Waals surface area contributed by atoms with E-state index < -0.39 is 10.0 Å². The molecule has 0 aromatic carbocycles. The molecule has 114 valence electrons. The molecule has 0 spiro atoms. The molecule has 0 unspecified atom stereocenters. The van der Waals surface area contributed by atoms with Gasteiger partial charge >= 0.3 is 0 Å². The maximum atomic E-state index is 12.4. The number of nitrogens with zero attached hydrogens (tertiary/aromatic N) is 1. The van der Waals surface area contributed by atoms with E-state index in [2.05, 4.69) is 10.0 Å². The summed E-state index contributed by atoms with van der Waals surface area (Å²) >= 11 is 1.75. The van der Waals surface area contributed by atoms with E-state index in [1.54, 1.807) is 24.0 Å². The summed E-state index contributed by atoms with van der Waals surface area (Å²) in [5.41, 5.74) is 0.987. The summed E-state index contributed by atoms with van der Waals surface area (Å²) in [6.07, 6.45) is 5.95. The molecule has 1 aromatic rings. The Morgan fingerprint density at radius 2 is 2.15 bits per heavy atom. The van der Waals surface area contributed by atoms with Gasteiger partial charge in [-0.1, -0.05) is 0 Å². The maximum Gasteiger partial charge on any atom is 0.242 e. The standard InChI is InChI=1S/C13H23N3O2S2/c1-4-16-9-12(7-11(16)8-14-2)20(17,18)15-10-13(19-3)5-6-13/h7,9,14-15H,4-6,8,10H2,1-3H3. The summed E-state index contributed by atoms with van der Waals surface area (Å²) in [7, 11) is -1.55. The predicted molar refractivity (Wildman–Crippen MR) is 83.5 cm³/mol. The summed E-state index contributed by atoms with van der Waals surface area (Å²) in [6.45, 7) is 3.96. The number of thioether (sulfide) groups is 1. The molecule has 1 fully saturated rings. The minimum absolute atomic E-state index is 0.133. The first-order chi connectivity index (χ1) is 9.46. The Morgan fingerprint density at radius 3 is 2.65 bits per heavy atom. The lowest BCUT2D eigenvalue weighted by Crippen LogP contribution is -2.31. The molecule has 0 amide bonds. The topological polar surface area (TPSA) is 63.1 Å². The minimum Gasteiger partial charge on any atom is -0.349 e. The number of aromatic nitrogens is 1. The molecule has 7 heteroatoms. The zero-order valence-corrected chi connectivity index (χ0v) is 13.9. The van der Waals surface area contributed by atoms with Crippen LogP contribution in [0.2, 0.25) is 0 Å². The fraction of sp³-hybridized carbons (Fsp3) is 0.692. The molecule has 20 heavy (non-hydrogen) atoms. The van der Waals surface area contributed by atoms with E-state index in [1.165, 1.54) is 0 Å². The molecular formula is C13H23N3O2S2. The van der Waals surface area contributed by atoms with Crippen LogP contribution in [-0.2, 0) is 23.1 Å². The van der Waals surface area contributed by atoms with Gasteiger partial charge in [0.15, 0.2) is 0 Å². The quantitative estimate of drug-likeness (QED) is 0.761. The average molecular weight is 317 g/mol. The van der Waals surface area contributed by atoms with Crippen molar-refractivity contribution in [3.05, 3.63) is 18.0 Å². The Labute approximate surface area is 125 Å². The van der Waals surface area contributed by atoms with Crippen molar-refractivity contribution in [2.45, 2.75) is 42.5 Å². The van der Waals surface area contributed by atoms with Crippen molar-refractivity contribution >= 4 is 21.8 Å². The van der Waals surface area contributed by atoms with Crippen LogP contribution in [0.25, 0.3) is 0 Å². The molecule has 5 nitrogen and oxygen atoms in total. The molecule has 2 rings (SSSR count). The van der Waals surface area contributed by atoms with E-state index in [4.69, 9.17) is 0 Å². The second-order valence-electron chi connectivity index (χ2n) is 5.20. The van der Waals surface area contributed by atoms with Crippen molar-refractivity contribution in [2.75, 3.05) is 19.8 Å². The van der Waals surface area contributed by atoms with Crippen LogP contribution >= 0.6 is 11.8 Å². The number of rotatable bonds is 8. The molecule has 0 saturated heterocycles. The van der Waals surface area contributed by atoms with Crippen molar-refractivity contribution in [3.8, 4) is 0 Å². The number of nitrogens with one attached hydrogen (secondary N) is 2. The molecule has 0 bridgehead atoms. The summed E-state index contributed by atoms with van der Waals surface area (Å²) in [4.78, 5) is 0.363. The SMILES string of the molecule is CCn1cc(S(=O)(=O)NCC2(SC)CC2)cc1CNC. The lowest BCUT2D eigenvalue weighted by atomic mass is 10.4. The van der Waals surface area contributed by atoms with Gasteiger partial charge in [-0.2, -0.15) is 11.8 Å². The number of sulfonamides is 1. The highest BCUT2D eigenvalue weighted by Crippen LogP contribution is 2.46. The van der Waals surface area contributed by atoms with E-state index in [0.29, 0.717) is 18.0 Å². The number of hydrogen-bond donors (Lipinski definition) is 2. The summed E-state index contributed by atoms with van der Waals surface area (Å²) in [5.74, 6) is 0. The largest absolute Gasteiger partial charge is 0.349 e. The summed E-state index contributed by atoms with van der Waals surface area (Å²) in [5, 5.41) is 3.06. The third kappa shape index (κ3) is 3.39. The van der Waals surface area contributed by atoms with E-state index in [9.17, 15) is 8.42 Å². The van der Waals surface area contributed by atoms with Crippen LogP contribution in [0.3, 0.4) is 0 Å². The molecule has 1 heterocycles. The van der Waals surface area contributed by atoms with Crippen LogP contribution in [0.1, 0.15) is 25.5 Å². The van der Waals surface area contributed by atoms with E-state index in [1.807, 2.05) is 24.8 Å². The first kappa shape index (κ1) is 15.9. The van der Waals surface area contributed by atoms with Crippen LogP contribution in [-0.4, -0.2) is 37.6 Å². The zero-order chi connectivity index (χ0) is 14.8. The molecule has 0 aliphatic heterocycles. The molecule has 1 aliphatic rings. The van der Waals surface area contributed by atoms with Gasteiger partial charge < -0.3 is 9.88 Å². The average Bonchev–Trinajstić information content (AvgIpc) is 3.10. The Hall–Kier alpha value is -0.500. The lowest BCUT2D eigenvalue weighted by Gasteiger charge is -2.12. The van der Waals surface area contributed by atoms with Gasteiger partial charge in [0.1, 0.15) is 0 Å². The number of hydrogen-bond acceptors (Lipinski definition) is 4. The van der Waals surface area contributed by atoms with E-state index in [-0.39, 0.29) is 4.75 Å². The third-order valence-corrected chi connectivity index (χ3v) is 6.58. The third-order valence-electron chi connectivity index (χ3n) is 3.79. The molecule has 1 aliphatic carbocycles. The maximum absolute atomic E-state index is 12.4. The number of aryl methyl sites for hydroxylation is 1. The highest BCUT2D eigenvalue weighted by molar-refractivity contribution is 8.00. The lowest BCUT2D eigenvalue weighted by molar-refractivity contribution is 0.579. The first-order valence-corrected chi connectivity index (χ1v) is 9.55. The van der Waals surface area contributed by atoms with E-state index in [0.717, 1.165) is 25.1 Å². The van der Waals surface area contributed by atoms with Gasteiger partial charge in [0.25, 0.3) is 0 Å².